The van der Waals surface area contributed by atoms with Crippen molar-refractivity contribution in [3.05, 3.63) is 23.4 Å². The molecule has 1 saturated carbocycles. The van der Waals surface area contributed by atoms with Crippen molar-refractivity contribution in [1.82, 2.24) is 4.98 Å². The standard InChI is InChI=1S/C15H22N2O2/c1-10-5-4-6-12(9-10)17(3)14-8-7-13(15(18)19)11(2)16-14/h7-8,10,12H,4-6,9H2,1-3H3,(H,18,19). The van der Waals surface area contributed by atoms with Gasteiger partial charge in [0.1, 0.15) is 5.82 Å². The van der Waals surface area contributed by atoms with Crippen LogP contribution in [0.4, 0.5) is 5.82 Å². The van der Waals surface area contributed by atoms with E-state index in [2.05, 4.69) is 23.9 Å². The molecule has 0 aliphatic heterocycles. The number of aryl methyl sites for hydroxylation is 1. The Bertz CT molecular complexity index is 473. The molecule has 2 unspecified atom stereocenters. The lowest BCUT2D eigenvalue weighted by Gasteiger charge is -2.35. The van der Waals surface area contributed by atoms with Crippen LogP contribution in [0.3, 0.4) is 0 Å². The molecule has 1 N–H and O–H groups in total. The molecule has 2 rings (SSSR count). The average Bonchev–Trinajstić information content (AvgIpc) is 2.37. The molecule has 0 spiro atoms. The maximum atomic E-state index is 11.0. The fourth-order valence-corrected chi connectivity index (χ4v) is 2.91. The Morgan fingerprint density at radius 3 is 2.74 bits per heavy atom. The topological polar surface area (TPSA) is 53.4 Å². The molecule has 1 aromatic rings. The summed E-state index contributed by atoms with van der Waals surface area (Å²) >= 11 is 0. The first-order valence-corrected chi connectivity index (χ1v) is 6.92. The van der Waals surface area contributed by atoms with Crippen molar-refractivity contribution >= 4 is 11.8 Å². The molecule has 0 radical (unpaired) electrons. The number of rotatable bonds is 3. The van der Waals surface area contributed by atoms with Crippen LogP contribution in [0.2, 0.25) is 0 Å². The Morgan fingerprint density at radius 1 is 1.42 bits per heavy atom. The van der Waals surface area contributed by atoms with Gasteiger partial charge in [0.15, 0.2) is 0 Å². The highest BCUT2D eigenvalue weighted by atomic mass is 16.4. The predicted molar refractivity (Wildman–Crippen MR) is 75.8 cm³/mol. The van der Waals surface area contributed by atoms with Crippen molar-refractivity contribution in [2.75, 3.05) is 11.9 Å². The molecule has 0 amide bonds. The van der Waals surface area contributed by atoms with Crippen LogP contribution in [0.25, 0.3) is 0 Å². The van der Waals surface area contributed by atoms with Gasteiger partial charge in [0.25, 0.3) is 0 Å². The van der Waals surface area contributed by atoms with Gasteiger partial charge in [0.2, 0.25) is 0 Å². The van der Waals surface area contributed by atoms with Gasteiger partial charge in [-0.05, 0) is 37.8 Å². The second kappa shape index (κ2) is 5.59. The van der Waals surface area contributed by atoms with E-state index >= 15 is 0 Å². The molecule has 0 bridgehead atoms. The fourth-order valence-electron chi connectivity index (χ4n) is 2.91. The van der Waals surface area contributed by atoms with Crippen molar-refractivity contribution in [2.24, 2.45) is 5.92 Å². The third kappa shape index (κ3) is 3.06. The van der Waals surface area contributed by atoms with Gasteiger partial charge in [-0.2, -0.15) is 0 Å². The second-order valence-corrected chi connectivity index (χ2v) is 5.64. The normalized spacial score (nSPS) is 23.1. The summed E-state index contributed by atoms with van der Waals surface area (Å²) in [6.07, 6.45) is 4.97. The predicted octanol–water partition coefficient (Wildman–Crippen LogP) is 3.10. The van der Waals surface area contributed by atoms with Crippen LogP contribution in [-0.2, 0) is 0 Å². The van der Waals surface area contributed by atoms with E-state index in [0.29, 0.717) is 11.7 Å². The third-order valence-electron chi connectivity index (χ3n) is 4.12. The molecule has 19 heavy (non-hydrogen) atoms. The van der Waals surface area contributed by atoms with Gasteiger partial charge < -0.3 is 10.0 Å². The minimum Gasteiger partial charge on any atom is -0.478 e. The molecular formula is C15H22N2O2. The number of anilines is 1. The molecule has 4 heteroatoms. The Hall–Kier alpha value is -1.58. The number of aromatic carboxylic acids is 1. The van der Waals surface area contributed by atoms with Crippen molar-refractivity contribution in [1.29, 1.82) is 0 Å². The van der Waals surface area contributed by atoms with Crippen LogP contribution >= 0.6 is 0 Å². The summed E-state index contributed by atoms with van der Waals surface area (Å²) in [6.45, 7) is 4.05. The smallest absolute Gasteiger partial charge is 0.337 e. The number of pyridine rings is 1. The number of hydrogen-bond acceptors (Lipinski definition) is 3. The average molecular weight is 262 g/mol. The first-order chi connectivity index (χ1) is 8.99. The maximum absolute atomic E-state index is 11.0. The van der Waals surface area contributed by atoms with Gasteiger partial charge in [-0.15, -0.1) is 0 Å². The summed E-state index contributed by atoms with van der Waals surface area (Å²) in [6, 6.07) is 3.99. The summed E-state index contributed by atoms with van der Waals surface area (Å²) in [5, 5.41) is 9.02. The van der Waals surface area contributed by atoms with E-state index in [0.717, 1.165) is 11.7 Å². The van der Waals surface area contributed by atoms with Crippen LogP contribution < -0.4 is 4.90 Å². The Kier molecular flexibility index (Phi) is 4.08. The lowest BCUT2D eigenvalue weighted by Crippen LogP contribution is -2.36. The molecule has 0 saturated heterocycles. The molecule has 2 atom stereocenters. The molecule has 1 heterocycles. The van der Waals surface area contributed by atoms with Crippen LogP contribution in [0.5, 0.6) is 0 Å². The van der Waals surface area contributed by atoms with E-state index in [1.54, 1.807) is 13.0 Å². The number of carboxylic acid groups (broad SMARTS) is 1. The fraction of sp³-hybridized carbons (Fsp3) is 0.600. The minimum atomic E-state index is -0.912. The monoisotopic (exact) mass is 262 g/mol. The number of aromatic nitrogens is 1. The summed E-state index contributed by atoms with van der Waals surface area (Å²) in [4.78, 5) is 17.6. The SMILES string of the molecule is Cc1nc(N(C)C2CCCC(C)C2)ccc1C(=O)O. The number of nitrogens with zero attached hydrogens (tertiary/aromatic N) is 2. The molecule has 0 aromatic carbocycles. The lowest BCUT2D eigenvalue weighted by molar-refractivity contribution is 0.0695. The summed E-state index contributed by atoms with van der Waals surface area (Å²) in [5.74, 6) is 0.729. The highest BCUT2D eigenvalue weighted by Crippen LogP contribution is 2.29. The number of carboxylic acids is 1. The molecule has 1 aliphatic rings. The number of hydrogen-bond donors (Lipinski definition) is 1. The largest absolute Gasteiger partial charge is 0.478 e. The van der Waals surface area contributed by atoms with E-state index in [1.807, 2.05) is 6.07 Å². The first-order valence-electron chi connectivity index (χ1n) is 6.92. The van der Waals surface area contributed by atoms with Crippen molar-refractivity contribution in [3.63, 3.8) is 0 Å². The van der Waals surface area contributed by atoms with Gasteiger partial charge in [0, 0.05) is 13.1 Å². The summed E-state index contributed by atoms with van der Waals surface area (Å²) in [7, 11) is 2.06. The van der Waals surface area contributed by atoms with Crippen molar-refractivity contribution in [3.8, 4) is 0 Å². The van der Waals surface area contributed by atoms with E-state index in [1.165, 1.54) is 25.7 Å². The van der Waals surface area contributed by atoms with Crippen LogP contribution in [-0.4, -0.2) is 29.1 Å². The third-order valence-corrected chi connectivity index (χ3v) is 4.12. The molecule has 4 nitrogen and oxygen atoms in total. The van der Waals surface area contributed by atoms with E-state index in [-0.39, 0.29) is 5.56 Å². The van der Waals surface area contributed by atoms with Gasteiger partial charge in [-0.1, -0.05) is 19.8 Å². The highest BCUT2D eigenvalue weighted by molar-refractivity contribution is 5.89. The van der Waals surface area contributed by atoms with E-state index in [9.17, 15) is 4.79 Å². The quantitative estimate of drug-likeness (QED) is 0.909. The van der Waals surface area contributed by atoms with Gasteiger partial charge in [0.05, 0.1) is 11.3 Å². The summed E-state index contributed by atoms with van der Waals surface area (Å²) < 4.78 is 0. The van der Waals surface area contributed by atoms with Gasteiger partial charge >= 0.3 is 5.97 Å². The lowest BCUT2D eigenvalue weighted by atomic mass is 9.86. The number of carbonyl (C=O) groups is 1. The van der Waals surface area contributed by atoms with Crippen molar-refractivity contribution in [2.45, 2.75) is 45.6 Å². The molecule has 1 aromatic heterocycles. The molecular weight excluding hydrogens is 240 g/mol. The zero-order valence-electron chi connectivity index (χ0n) is 11.9. The highest BCUT2D eigenvalue weighted by Gasteiger charge is 2.23. The van der Waals surface area contributed by atoms with Gasteiger partial charge in [-0.3, -0.25) is 0 Å². The molecule has 1 fully saturated rings. The minimum absolute atomic E-state index is 0.286. The second-order valence-electron chi connectivity index (χ2n) is 5.64. The van der Waals surface area contributed by atoms with Crippen LogP contribution in [0.1, 0.15) is 48.7 Å². The zero-order valence-corrected chi connectivity index (χ0v) is 11.9. The van der Waals surface area contributed by atoms with E-state index < -0.39 is 5.97 Å². The summed E-state index contributed by atoms with van der Waals surface area (Å²) in [5.41, 5.74) is 0.870. The maximum Gasteiger partial charge on any atom is 0.337 e. The van der Waals surface area contributed by atoms with Crippen LogP contribution in [0.15, 0.2) is 12.1 Å². The zero-order chi connectivity index (χ0) is 14.0. The Morgan fingerprint density at radius 2 is 2.16 bits per heavy atom. The molecule has 1 aliphatic carbocycles. The van der Waals surface area contributed by atoms with Crippen molar-refractivity contribution < 1.29 is 9.90 Å². The van der Waals surface area contributed by atoms with E-state index in [4.69, 9.17) is 5.11 Å². The van der Waals surface area contributed by atoms with Gasteiger partial charge in [-0.25, -0.2) is 9.78 Å². The Labute approximate surface area is 114 Å². The molecule has 104 valence electrons. The van der Waals surface area contributed by atoms with Crippen LogP contribution in [0, 0.1) is 12.8 Å². The first kappa shape index (κ1) is 13.8. The Balaban J connectivity index is 2.17.